The smallest absolute Gasteiger partial charge is 0.228 e. The standard InChI is InChI=1S/C11H11NO/c13-11-9-5-6-10(12-11)8-4-2-1-3-7(8)9/h1-4,9-10H,5-6H2,(H,12,13)/t9-,10-/m0/s1. The Morgan fingerprint density at radius 3 is 2.69 bits per heavy atom. The van der Waals surface area contributed by atoms with Crippen LogP contribution >= 0.6 is 0 Å². The SMILES string of the molecule is O=C1N[C@H]2CC[C@H]1c1ccccc12. The van der Waals surface area contributed by atoms with Crippen LogP contribution in [0.25, 0.3) is 0 Å². The van der Waals surface area contributed by atoms with Crippen LogP contribution in [0.1, 0.15) is 35.9 Å². The molecule has 66 valence electrons. The van der Waals surface area contributed by atoms with E-state index in [1.165, 1.54) is 11.1 Å². The van der Waals surface area contributed by atoms with Gasteiger partial charge < -0.3 is 5.32 Å². The van der Waals surface area contributed by atoms with E-state index < -0.39 is 0 Å². The molecule has 0 aromatic heterocycles. The Hall–Kier alpha value is -1.31. The first-order valence-electron chi connectivity index (χ1n) is 4.75. The Morgan fingerprint density at radius 2 is 1.92 bits per heavy atom. The highest BCUT2D eigenvalue weighted by Crippen LogP contribution is 2.41. The second-order valence-corrected chi connectivity index (χ2v) is 3.82. The fraction of sp³-hybridized carbons (Fsp3) is 0.364. The zero-order chi connectivity index (χ0) is 8.84. The van der Waals surface area contributed by atoms with Gasteiger partial charge in [0, 0.05) is 0 Å². The minimum atomic E-state index is 0.126. The van der Waals surface area contributed by atoms with Crippen LogP contribution in [0, 0.1) is 0 Å². The molecule has 2 nitrogen and oxygen atoms in total. The Bertz CT molecular complexity index is 372. The van der Waals surface area contributed by atoms with Gasteiger partial charge in [-0.1, -0.05) is 24.3 Å². The van der Waals surface area contributed by atoms with E-state index in [2.05, 4.69) is 17.4 Å². The van der Waals surface area contributed by atoms with Crippen LogP contribution in [0.4, 0.5) is 0 Å². The number of rotatable bonds is 0. The van der Waals surface area contributed by atoms with Gasteiger partial charge in [-0.05, 0) is 24.0 Å². The second kappa shape index (κ2) is 2.34. The van der Waals surface area contributed by atoms with Crippen molar-refractivity contribution in [2.75, 3.05) is 0 Å². The largest absolute Gasteiger partial charge is 0.349 e. The van der Waals surface area contributed by atoms with Gasteiger partial charge >= 0.3 is 0 Å². The fourth-order valence-electron chi connectivity index (χ4n) is 2.48. The van der Waals surface area contributed by atoms with E-state index in [-0.39, 0.29) is 17.9 Å². The Morgan fingerprint density at radius 1 is 1.15 bits per heavy atom. The van der Waals surface area contributed by atoms with E-state index in [4.69, 9.17) is 0 Å². The molecule has 1 aromatic carbocycles. The van der Waals surface area contributed by atoms with Crippen LogP contribution in [-0.2, 0) is 4.79 Å². The van der Waals surface area contributed by atoms with Gasteiger partial charge in [0.25, 0.3) is 0 Å². The van der Waals surface area contributed by atoms with Crippen molar-refractivity contribution in [3.8, 4) is 0 Å². The van der Waals surface area contributed by atoms with E-state index in [0.717, 1.165) is 12.8 Å². The molecule has 1 saturated heterocycles. The summed E-state index contributed by atoms with van der Waals surface area (Å²) in [5.74, 6) is 0.344. The zero-order valence-electron chi connectivity index (χ0n) is 7.29. The summed E-state index contributed by atoms with van der Waals surface area (Å²) < 4.78 is 0. The minimum Gasteiger partial charge on any atom is -0.349 e. The van der Waals surface area contributed by atoms with Crippen LogP contribution < -0.4 is 5.32 Å². The average Bonchev–Trinajstić information content (AvgIpc) is 2.19. The molecule has 13 heavy (non-hydrogen) atoms. The van der Waals surface area contributed by atoms with E-state index in [1.54, 1.807) is 0 Å². The summed E-state index contributed by atoms with van der Waals surface area (Å²) in [4.78, 5) is 11.5. The van der Waals surface area contributed by atoms with Crippen molar-refractivity contribution >= 4 is 5.91 Å². The summed E-state index contributed by atoms with van der Waals surface area (Å²) in [6.07, 6.45) is 2.13. The minimum absolute atomic E-state index is 0.126. The van der Waals surface area contributed by atoms with Crippen molar-refractivity contribution in [1.29, 1.82) is 0 Å². The Kier molecular flexibility index (Phi) is 1.29. The van der Waals surface area contributed by atoms with Gasteiger partial charge in [0.15, 0.2) is 0 Å². The van der Waals surface area contributed by atoms with Crippen molar-refractivity contribution in [2.24, 2.45) is 0 Å². The Labute approximate surface area is 77.0 Å². The van der Waals surface area contributed by atoms with E-state index >= 15 is 0 Å². The molecule has 1 N–H and O–H groups in total. The lowest BCUT2D eigenvalue weighted by Gasteiger charge is -2.37. The van der Waals surface area contributed by atoms with E-state index in [1.807, 2.05) is 12.1 Å². The lowest BCUT2D eigenvalue weighted by Crippen LogP contribution is -2.43. The quantitative estimate of drug-likeness (QED) is 0.636. The van der Waals surface area contributed by atoms with Crippen LogP contribution in [0.3, 0.4) is 0 Å². The molecule has 0 saturated carbocycles. The zero-order valence-corrected chi connectivity index (χ0v) is 7.29. The molecule has 1 aliphatic carbocycles. The third-order valence-corrected chi connectivity index (χ3v) is 3.12. The van der Waals surface area contributed by atoms with Gasteiger partial charge in [-0.15, -0.1) is 0 Å². The first kappa shape index (κ1) is 7.13. The molecule has 2 bridgehead atoms. The number of piperidine rings is 1. The van der Waals surface area contributed by atoms with Gasteiger partial charge in [0.1, 0.15) is 0 Å². The van der Waals surface area contributed by atoms with Gasteiger partial charge in [-0.3, -0.25) is 4.79 Å². The van der Waals surface area contributed by atoms with Gasteiger partial charge in [-0.2, -0.15) is 0 Å². The highest BCUT2D eigenvalue weighted by atomic mass is 16.2. The normalized spacial score (nSPS) is 29.7. The molecule has 0 radical (unpaired) electrons. The molecule has 1 fully saturated rings. The molecular formula is C11H11NO. The molecule has 3 aliphatic rings. The third-order valence-electron chi connectivity index (χ3n) is 3.12. The first-order valence-corrected chi connectivity index (χ1v) is 4.75. The second-order valence-electron chi connectivity index (χ2n) is 3.82. The molecular weight excluding hydrogens is 162 g/mol. The van der Waals surface area contributed by atoms with E-state index in [9.17, 15) is 4.79 Å². The molecule has 0 spiro atoms. The lowest BCUT2D eigenvalue weighted by molar-refractivity contribution is -0.125. The highest BCUT2D eigenvalue weighted by Gasteiger charge is 2.37. The van der Waals surface area contributed by atoms with Crippen molar-refractivity contribution < 1.29 is 4.79 Å². The maximum absolute atomic E-state index is 11.5. The average molecular weight is 173 g/mol. The molecule has 1 aromatic rings. The fourth-order valence-corrected chi connectivity index (χ4v) is 2.48. The summed E-state index contributed by atoms with van der Waals surface area (Å²) in [5, 5.41) is 3.03. The summed E-state index contributed by atoms with van der Waals surface area (Å²) in [5.41, 5.74) is 2.58. The third kappa shape index (κ3) is 0.857. The lowest BCUT2D eigenvalue weighted by atomic mass is 9.76. The maximum Gasteiger partial charge on any atom is 0.228 e. The van der Waals surface area contributed by atoms with Crippen LogP contribution in [0.2, 0.25) is 0 Å². The molecule has 0 unspecified atom stereocenters. The van der Waals surface area contributed by atoms with Crippen molar-refractivity contribution in [1.82, 2.24) is 5.32 Å². The number of hydrogen-bond acceptors (Lipinski definition) is 1. The van der Waals surface area contributed by atoms with Crippen molar-refractivity contribution in [2.45, 2.75) is 24.8 Å². The number of amides is 1. The number of carbonyl (C=O) groups is 1. The topological polar surface area (TPSA) is 29.1 Å². The number of benzene rings is 1. The summed E-state index contributed by atoms with van der Waals surface area (Å²) in [6, 6.07) is 8.57. The predicted molar refractivity (Wildman–Crippen MR) is 49.3 cm³/mol. The molecule has 1 amide bonds. The number of fused-ring (bicyclic) bond motifs is 2. The highest BCUT2D eigenvalue weighted by molar-refractivity contribution is 5.87. The molecule has 4 rings (SSSR count). The number of nitrogens with one attached hydrogen (secondary N) is 1. The summed E-state index contributed by atoms with van der Waals surface area (Å²) >= 11 is 0. The summed E-state index contributed by atoms with van der Waals surface area (Å²) in [7, 11) is 0. The van der Waals surface area contributed by atoms with Crippen LogP contribution in [0.5, 0.6) is 0 Å². The first-order chi connectivity index (χ1) is 6.36. The molecule has 2 atom stereocenters. The number of carbonyl (C=O) groups excluding carboxylic acids is 1. The van der Waals surface area contributed by atoms with Crippen molar-refractivity contribution in [3.63, 3.8) is 0 Å². The van der Waals surface area contributed by atoms with Gasteiger partial charge in [-0.25, -0.2) is 0 Å². The monoisotopic (exact) mass is 173 g/mol. The molecule has 2 aliphatic heterocycles. The molecule has 2 heteroatoms. The van der Waals surface area contributed by atoms with Gasteiger partial charge in [0.2, 0.25) is 5.91 Å². The van der Waals surface area contributed by atoms with Crippen molar-refractivity contribution in [3.05, 3.63) is 35.4 Å². The molecule has 2 heterocycles. The summed E-state index contributed by atoms with van der Waals surface area (Å²) in [6.45, 7) is 0. The Balaban J connectivity index is 2.21. The van der Waals surface area contributed by atoms with Gasteiger partial charge in [0.05, 0.1) is 12.0 Å². The predicted octanol–water partition coefficient (Wildman–Crippen LogP) is 1.73. The maximum atomic E-state index is 11.5. The van der Waals surface area contributed by atoms with E-state index in [0.29, 0.717) is 0 Å². The van der Waals surface area contributed by atoms with Crippen LogP contribution in [0.15, 0.2) is 24.3 Å². The van der Waals surface area contributed by atoms with Crippen LogP contribution in [-0.4, -0.2) is 5.91 Å². The number of hydrogen-bond donors (Lipinski definition) is 1.